The number of carbonyl (C=O) groups excluding carboxylic acids is 1. The highest BCUT2D eigenvalue weighted by molar-refractivity contribution is 7.22. The minimum Gasteiger partial charge on any atom is -0.302 e. The van der Waals surface area contributed by atoms with Crippen LogP contribution < -0.4 is 4.90 Å². The van der Waals surface area contributed by atoms with Crippen molar-refractivity contribution < 1.29 is 4.79 Å². The Morgan fingerprint density at radius 2 is 1.67 bits per heavy atom. The summed E-state index contributed by atoms with van der Waals surface area (Å²) in [5.41, 5.74) is 4.49. The van der Waals surface area contributed by atoms with Crippen molar-refractivity contribution in [3.63, 3.8) is 0 Å². The van der Waals surface area contributed by atoms with Crippen LogP contribution in [-0.4, -0.2) is 42.0 Å². The zero-order valence-corrected chi connectivity index (χ0v) is 21.4. The third kappa shape index (κ3) is 5.37. The Bertz CT molecular complexity index is 1240. The molecule has 1 aromatic heterocycles. The Balaban J connectivity index is 0.00000306. The van der Waals surface area contributed by atoms with E-state index in [9.17, 15) is 4.79 Å². The van der Waals surface area contributed by atoms with Gasteiger partial charge in [0.2, 0.25) is 5.91 Å². The van der Waals surface area contributed by atoms with E-state index in [4.69, 9.17) is 4.98 Å². The number of hydrogen-bond donors (Lipinski definition) is 0. The van der Waals surface area contributed by atoms with Crippen LogP contribution in [0.15, 0.2) is 54.6 Å². The number of thiazole rings is 1. The molecule has 0 radical (unpaired) electrons. The van der Waals surface area contributed by atoms with Crippen LogP contribution in [-0.2, 0) is 11.2 Å². The van der Waals surface area contributed by atoms with Crippen LogP contribution >= 0.6 is 23.7 Å². The zero-order valence-electron chi connectivity index (χ0n) is 19.8. The van der Waals surface area contributed by atoms with Gasteiger partial charge in [0.1, 0.15) is 0 Å². The SMILES string of the molecule is CCN(CC)CCN(C(=O)Cc1cccc2ccccc12)c1nc2c(C)c(C)ccc2s1.Cl. The minimum atomic E-state index is 0. The molecule has 0 aliphatic heterocycles. The summed E-state index contributed by atoms with van der Waals surface area (Å²) in [5, 5.41) is 3.10. The van der Waals surface area contributed by atoms with E-state index in [0.29, 0.717) is 13.0 Å². The summed E-state index contributed by atoms with van der Waals surface area (Å²) in [6.07, 6.45) is 0.369. The lowest BCUT2D eigenvalue weighted by Crippen LogP contribution is -2.39. The zero-order chi connectivity index (χ0) is 22.7. The Kier molecular flexibility index (Phi) is 8.46. The predicted molar refractivity (Wildman–Crippen MR) is 144 cm³/mol. The number of aromatic nitrogens is 1. The molecule has 174 valence electrons. The molecular weight excluding hydrogens is 450 g/mol. The van der Waals surface area contributed by atoms with Crippen LogP contribution in [0.25, 0.3) is 21.0 Å². The van der Waals surface area contributed by atoms with Crippen LogP contribution in [0.5, 0.6) is 0 Å². The van der Waals surface area contributed by atoms with Gasteiger partial charge in [0.25, 0.3) is 0 Å². The summed E-state index contributed by atoms with van der Waals surface area (Å²) in [5.74, 6) is 0.0990. The van der Waals surface area contributed by atoms with Crippen molar-refractivity contribution in [1.82, 2.24) is 9.88 Å². The average molecular weight is 482 g/mol. The maximum Gasteiger partial charge on any atom is 0.233 e. The Hall–Kier alpha value is -2.47. The molecule has 1 heterocycles. The smallest absolute Gasteiger partial charge is 0.233 e. The first-order valence-corrected chi connectivity index (χ1v) is 12.2. The molecule has 1 amide bonds. The van der Waals surface area contributed by atoms with E-state index < -0.39 is 0 Å². The molecule has 4 rings (SSSR count). The van der Waals surface area contributed by atoms with Gasteiger partial charge in [-0.2, -0.15) is 0 Å². The van der Waals surface area contributed by atoms with E-state index >= 15 is 0 Å². The number of hydrogen-bond acceptors (Lipinski definition) is 4. The third-order valence-electron chi connectivity index (χ3n) is 6.36. The lowest BCUT2D eigenvalue weighted by Gasteiger charge is -2.25. The van der Waals surface area contributed by atoms with Gasteiger partial charge in [-0.05, 0) is 60.5 Å². The molecular formula is C27H32ClN3OS. The number of nitrogens with zero attached hydrogens (tertiary/aromatic N) is 3. The molecule has 4 nitrogen and oxygen atoms in total. The Morgan fingerprint density at radius 1 is 0.939 bits per heavy atom. The molecule has 0 fully saturated rings. The number of anilines is 1. The summed E-state index contributed by atoms with van der Waals surface area (Å²) >= 11 is 1.61. The number of amides is 1. The highest BCUT2D eigenvalue weighted by atomic mass is 35.5. The Labute approximate surface area is 206 Å². The van der Waals surface area contributed by atoms with Crippen molar-refractivity contribution in [3.8, 4) is 0 Å². The maximum absolute atomic E-state index is 13.6. The molecule has 0 spiro atoms. The van der Waals surface area contributed by atoms with Crippen molar-refractivity contribution in [3.05, 3.63) is 71.3 Å². The highest BCUT2D eigenvalue weighted by Crippen LogP contribution is 2.32. The van der Waals surface area contributed by atoms with Gasteiger partial charge in [-0.15, -0.1) is 12.4 Å². The molecule has 0 aliphatic rings. The van der Waals surface area contributed by atoms with E-state index in [1.807, 2.05) is 23.1 Å². The quantitative estimate of drug-likeness (QED) is 0.292. The number of halogens is 1. The second-order valence-corrected chi connectivity index (χ2v) is 9.25. The molecule has 0 atom stereocenters. The van der Waals surface area contributed by atoms with Gasteiger partial charge in [-0.25, -0.2) is 4.98 Å². The van der Waals surface area contributed by atoms with Crippen molar-refractivity contribution >= 4 is 55.8 Å². The number of fused-ring (bicyclic) bond motifs is 2. The van der Waals surface area contributed by atoms with Crippen LogP contribution in [0, 0.1) is 13.8 Å². The van der Waals surface area contributed by atoms with Gasteiger partial charge >= 0.3 is 0 Å². The average Bonchev–Trinajstić information content (AvgIpc) is 3.24. The number of aryl methyl sites for hydroxylation is 2. The van der Waals surface area contributed by atoms with Crippen molar-refractivity contribution in [2.75, 3.05) is 31.1 Å². The maximum atomic E-state index is 13.6. The summed E-state index contributed by atoms with van der Waals surface area (Å²) < 4.78 is 1.13. The van der Waals surface area contributed by atoms with Gasteiger partial charge in [-0.1, -0.05) is 73.7 Å². The standard InChI is InChI=1S/C27H31N3OS.ClH/c1-5-29(6-2)16-17-30(27-28-26-20(4)19(3)14-15-24(26)32-27)25(31)18-22-12-9-11-21-10-7-8-13-23(21)22;/h7-15H,5-6,16-18H2,1-4H3;1H. The monoisotopic (exact) mass is 481 g/mol. The van der Waals surface area contributed by atoms with E-state index in [1.54, 1.807) is 11.3 Å². The minimum absolute atomic E-state index is 0. The van der Waals surface area contributed by atoms with E-state index in [0.717, 1.165) is 45.9 Å². The van der Waals surface area contributed by atoms with Crippen LogP contribution in [0.4, 0.5) is 5.13 Å². The molecule has 6 heteroatoms. The molecule has 0 aliphatic carbocycles. The topological polar surface area (TPSA) is 36.4 Å². The molecule has 3 aromatic carbocycles. The van der Waals surface area contributed by atoms with E-state index in [2.05, 4.69) is 69.0 Å². The molecule has 0 N–H and O–H groups in total. The van der Waals surface area contributed by atoms with Crippen LogP contribution in [0.3, 0.4) is 0 Å². The largest absolute Gasteiger partial charge is 0.302 e. The van der Waals surface area contributed by atoms with Gasteiger partial charge in [0, 0.05) is 13.1 Å². The molecule has 0 bridgehead atoms. The predicted octanol–water partition coefficient (Wildman–Crippen LogP) is 6.41. The summed E-state index contributed by atoms with van der Waals surface area (Å²) in [6.45, 7) is 12.0. The fraction of sp³-hybridized carbons (Fsp3) is 0.333. The molecule has 33 heavy (non-hydrogen) atoms. The first-order chi connectivity index (χ1) is 15.5. The fourth-order valence-corrected chi connectivity index (χ4v) is 5.21. The van der Waals surface area contributed by atoms with Crippen molar-refractivity contribution in [1.29, 1.82) is 0 Å². The summed E-state index contributed by atoms with van der Waals surface area (Å²) in [7, 11) is 0. The fourth-order valence-electron chi connectivity index (χ4n) is 4.14. The second kappa shape index (κ2) is 11.1. The third-order valence-corrected chi connectivity index (χ3v) is 7.40. The van der Waals surface area contributed by atoms with Crippen LogP contribution in [0.1, 0.15) is 30.5 Å². The van der Waals surface area contributed by atoms with Gasteiger partial charge < -0.3 is 4.90 Å². The number of rotatable bonds is 8. The number of benzene rings is 3. The van der Waals surface area contributed by atoms with E-state index in [-0.39, 0.29) is 18.3 Å². The van der Waals surface area contributed by atoms with Crippen molar-refractivity contribution in [2.24, 2.45) is 0 Å². The molecule has 0 saturated carbocycles. The lowest BCUT2D eigenvalue weighted by atomic mass is 10.0. The summed E-state index contributed by atoms with van der Waals surface area (Å²) in [6, 6.07) is 18.7. The Morgan fingerprint density at radius 3 is 2.42 bits per heavy atom. The van der Waals surface area contributed by atoms with Gasteiger partial charge in [0.15, 0.2) is 5.13 Å². The first kappa shape index (κ1) is 25.2. The van der Waals surface area contributed by atoms with Crippen molar-refractivity contribution in [2.45, 2.75) is 34.1 Å². The number of likely N-dealkylation sites (N-methyl/N-ethyl adjacent to an activating group) is 1. The normalized spacial score (nSPS) is 11.2. The molecule has 4 aromatic rings. The van der Waals surface area contributed by atoms with E-state index in [1.165, 1.54) is 16.5 Å². The first-order valence-electron chi connectivity index (χ1n) is 11.4. The molecule has 0 saturated heterocycles. The van der Waals surface area contributed by atoms with Gasteiger partial charge in [-0.3, -0.25) is 9.69 Å². The number of carbonyl (C=O) groups is 1. The second-order valence-electron chi connectivity index (χ2n) is 8.24. The lowest BCUT2D eigenvalue weighted by molar-refractivity contribution is -0.118. The summed E-state index contributed by atoms with van der Waals surface area (Å²) in [4.78, 5) is 22.8. The van der Waals surface area contributed by atoms with Gasteiger partial charge in [0.05, 0.1) is 16.6 Å². The molecule has 0 unspecified atom stereocenters. The highest BCUT2D eigenvalue weighted by Gasteiger charge is 2.22. The van der Waals surface area contributed by atoms with Crippen LogP contribution in [0.2, 0.25) is 0 Å².